The third kappa shape index (κ3) is 2.00. The van der Waals surface area contributed by atoms with Crippen molar-refractivity contribution in [1.82, 2.24) is 5.16 Å². The summed E-state index contributed by atoms with van der Waals surface area (Å²) >= 11 is 0. The number of nitriles is 1. The lowest BCUT2D eigenvalue weighted by molar-refractivity contribution is 0.439. The molecule has 0 radical (unpaired) electrons. The molecule has 0 atom stereocenters. The molecule has 0 saturated heterocycles. The topological polar surface area (TPSA) is 75.8 Å². The van der Waals surface area contributed by atoms with E-state index in [-0.39, 0.29) is 5.88 Å². The molecule has 2 rings (SSSR count). The molecule has 0 aliphatic carbocycles. The molecule has 4 heteroatoms. The maximum atomic E-state index is 8.96. The Bertz CT molecular complexity index is 561. The van der Waals surface area contributed by atoms with Gasteiger partial charge in [0.1, 0.15) is 17.3 Å². The van der Waals surface area contributed by atoms with Crippen LogP contribution >= 0.6 is 0 Å². The van der Waals surface area contributed by atoms with Crippen LogP contribution in [0.3, 0.4) is 0 Å². The van der Waals surface area contributed by atoms with Crippen molar-refractivity contribution in [2.45, 2.75) is 19.8 Å². The summed E-state index contributed by atoms with van der Waals surface area (Å²) in [6, 6.07) is 9.89. The van der Waals surface area contributed by atoms with Crippen molar-refractivity contribution in [2.75, 3.05) is 5.73 Å². The Morgan fingerprint density at radius 1 is 1.29 bits per heavy atom. The Morgan fingerprint density at radius 3 is 2.47 bits per heavy atom. The highest BCUT2D eigenvalue weighted by molar-refractivity contribution is 5.71. The minimum absolute atomic E-state index is 0.0652. The summed E-state index contributed by atoms with van der Waals surface area (Å²) in [4.78, 5) is 0. The second-order valence-electron chi connectivity index (χ2n) is 4.16. The smallest absolute Gasteiger partial charge is 0.240 e. The summed E-state index contributed by atoms with van der Waals surface area (Å²) in [5, 5.41) is 12.8. The van der Waals surface area contributed by atoms with Crippen molar-refractivity contribution in [3.63, 3.8) is 0 Å². The van der Waals surface area contributed by atoms with Crippen LogP contribution in [0.15, 0.2) is 28.8 Å². The van der Waals surface area contributed by atoms with E-state index >= 15 is 0 Å². The van der Waals surface area contributed by atoms with E-state index < -0.39 is 0 Å². The standard InChI is InChI=1S/C13H13N3O/c1-8(2)9-3-5-10(6-4-9)12-11(7-14)13(15)17-16-12/h3-6,8H,15H2,1-2H3. The van der Waals surface area contributed by atoms with Crippen molar-refractivity contribution >= 4 is 5.88 Å². The van der Waals surface area contributed by atoms with E-state index in [1.54, 1.807) is 0 Å². The molecule has 86 valence electrons. The predicted molar refractivity (Wildman–Crippen MR) is 65.2 cm³/mol. The molecule has 0 saturated carbocycles. The van der Waals surface area contributed by atoms with Gasteiger partial charge in [0.2, 0.25) is 5.88 Å². The van der Waals surface area contributed by atoms with Crippen LogP contribution in [0.25, 0.3) is 11.3 Å². The Labute approximate surface area is 99.6 Å². The molecule has 0 spiro atoms. The minimum Gasteiger partial charge on any atom is -0.366 e. The Balaban J connectivity index is 2.44. The first kappa shape index (κ1) is 11.2. The molecule has 0 amide bonds. The van der Waals surface area contributed by atoms with Gasteiger partial charge in [-0.1, -0.05) is 43.3 Å². The average Bonchev–Trinajstić information content (AvgIpc) is 2.70. The number of hydrogen-bond acceptors (Lipinski definition) is 4. The lowest BCUT2D eigenvalue weighted by Gasteiger charge is -2.05. The monoisotopic (exact) mass is 227 g/mol. The van der Waals surface area contributed by atoms with Gasteiger partial charge in [-0.05, 0) is 11.5 Å². The molecule has 2 aromatic rings. The van der Waals surface area contributed by atoms with Crippen LogP contribution in [0.1, 0.15) is 30.9 Å². The molecule has 1 aromatic heterocycles. The second-order valence-corrected chi connectivity index (χ2v) is 4.16. The van der Waals surface area contributed by atoms with Crippen LogP contribution in [-0.4, -0.2) is 5.16 Å². The van der Waals surface area contributed by atoms with Crippen molar-refractivity contribution in [3.8, 4) is 17.3 Å². The van der Waals surface area contributed by atoms with Crippen molar-refractivity contribution < 1.29 is 4.52 Å². The Morgan fingerprint density at radius 2 is 1.94 bits per heavy atom. The van der Waals surface area contributed by atoms with E-state index in [1.807, 2.05) is 30.3 Å². The molecule has 0 unspecified atom stereocenters. The Hall–Kier alpha value is -2.28. The third-order valence-electron chi connectivity index (χ3n) is 2.68. The summed E-state index contributed by atoms with van der Waals surface area (Å²) in [6.45, 7) is 4.26. The van der Waals surface area contributed by atoms with Crippen LogP contribution in [0.2, 0.25) is 0 Å². The molecule has 4 nitrogen and oxygen atoms in total. The summed E-state index contributed by atoms with van der Waals surface area (Å²) in [5.74, 6) is 0.539. The zero-order valence-electron chi connectivity index (χ0n) is 9.77. The van der Waals surface area contributed by atoms with E-state index in [2.05, 4.69) is 19.0 Å². The van der Waals surface area contributed by atoms with Gasteiger partial charge in [-0.3, -0.25) is 0 Å². The molecule has 0 fully saturated rings. The predicted octanol–water partition coefficient (Wildman–Crippen LogP) is 2.92. The van der Waals surface area contributed by atoms with Crippen LogP contribution < -0.4 is 5.73 Å². The molecule has 1 heterocycles. The molecule has 1 aromatic carbocycles. The number of anilines is 1. The average molecular weight is 227 g/mol. The number of aromatic nitrogens is 1. The quantitative estimate of drug-likeness (QED) is 0.855. The summed E-state index contributed by atoms with van der Waals surface area (Å²) < 4.78 is 4.82. The highest BCUT2D eigenvalue weighted by atomic mass is 16.5. The van der Waals surface area contributed by atoms with Gasteiger partial charge >= 0.3 is 0 Å². The van der Waals surface area contributed by atoms with Crippen LogP contribution in [0.4, 0.5) is 5.88 Å². The molecule has 0 aliphatic heterocycles. The fraction of sp³-hybridized carbons (Fsp3) is 0.231. The van der Waals surface area contributed by atoms with Gasteiger partial charge in [0, 0.05) is 5.56 Å². The fourth-order valence-corrected chi connectivity index (χ4v) is 1.63. The normalized spacial score (nSPS) is 10.5. The first-order chi connectivity index (χ1) is 8.13. The van der Waals surface area contributed by atoms with Gasteiger partial charge in [-0.15, -0.1) is 0 Å². The number of nitrogens with zero attached hydrogens (tertiary/aromatic N) is 2. The van der Waals surface area contributed by atoms with Crippen molar-refractivity contribution in [1.29, 1.82) is 5.26 Å². The van der Waals surface area contributed by atoms with Crippen molar-refractivity contribution in [2.24, 2.45) is 0 Å². The highest BCUT2D eigenvalue weighted by Crippen LogP contribution is 2.27. The largest absolute Gasteiger partial charge is 0.366 e. The fourth-order valence-electron chi connectivity index (χ4n) is 1.63. The highest BCUT2D eigenvalue weighted by Gasteiger charge is 2.14. The van der Waals surface area contributed by atoms with Crippen molar-refractivity contribution in [3.05, 3.63) is 35.4 Å². The Kier molecular flexibility index (Phi) is 2.84. The molecular weight excluding hydrogens is 214 g/mol. The summed E-state index contributed by atoms with van der Waals surface area (Å²) in [7, 11) is 0. The van der Waals surface area contributed by atoms with Gasteiger partial charge < -0.3 is 10.3 Å². The first-order valence-corrected chi connectivity index (χ1v) is 5.39. The summed E-state index contributed by atoms with van der Waals surface area (Å²) in [5.41, 5.74) is 8.39. The maximum absolute atomic E-state index is 8.96. The molecular formula is C13H13N3O. The number of rotatable bonds is 2. The van der Waals surface area contributed by atoms with Gasteiger partial charge in [-0.2, -0.15) is 5.26 Å². The molecule has 17 heavy (non-hydrogen) atoms. The third-order valence-corrected chi connectivity index (χ3v) is 2.68. The molecule has 2 N–H and O–H groups in total. The lowest BCUT2D eigenvalue weighted by Crippen LogP contribution is -1.89. The number of hydrogen-bond donors (Lipinski definition) is 1. The number of benzene rings is 1. The summed E-state index contributed by atoms with van der Waals surface area (Å²) in [6.07, 6.45) is 0. The zero-order valence-corrected chi connectivity index (χ0v) is 9.77. The lowest BCUT2D eigenvalue weighted by atomic mass is 10.00. The second kappa shape index (κ2) is 4.30. The van der Waals surface area contributed by atoms with Gasteiger partial charge in [-0.25, -0.2) is 0 Å². The minimum atomic E-state index is 0.0652. The van der Waals surface area contributed by atoms with Gasteiger partial charge in [0.25, 0.3) is 0 Å². The van der Waals surface area contributed by atoms with E-state index in [0.717, 1.165) is 5.56 Å². The molecule has 0 bridgehead atoms. The van der Waals surface area contributed by atoms with E-state index in [9.17, 15) is 0 Å². The van der Waals surface area contributed by atoms with Crippen LogP contribution in [0, 0.1) is 11.3 Å². The number of nitrogen functional groups attached to an aromatic ring is 1. The number of nitrogens with two attached hydrogens (primary N) is 1. The SMILES string of the molecule is CC(C)c1ccc(-c2noc(N)c2C#N)cc1. The van der Waals surface area contributed by atoms with E-state index in [0.29, 0.717) is 17.2 Å². The zero-order chi connectivity index (χ0) is 12.4. The first-order valence-electron chi connectivity index (χ1n) is 5.39. The maximum Gasteiger partial charge on any atom is 0.240 e. The van der Waals surface area contributed by atoms with E-state index in [1.165, 1.54) is 5.56 Å². The van der Waals surface area contributed by atoms with E-state index in [4.69, 9.17) is 15.5 Å². The van der Waals surface area contributed by atoms with Gasteiger partial charge in [0.05, 0.1) is 0 Å². The van der Waals surface area contributed by atoms with Crippen LogP contribution in [-0.2, 0) is 0 Å². The van der Waals surface area contributed by atoms with Gasteiger partial charge in [0.15, 0.2) is 0 Å². The molecule has 0 aliphatic rings. The van der Waals surface area contributed by atoms with Crippen LogP contribution in [0.5, 0.6) is 0 Å².